The Bertz CT molecular complexity index is 5520. The van der Waals surface area contributed by atoms with Crippen molar-refractivity contribution in [1.82, 2.24) is 24.5 Å². The maximum atomic E-state index is 5.54. The first-order valence-corrected chi connectivity index (χ1v) is 36.5. The van der Waals surface area contributed by atoms with Crippen LogP contribution in [0.5, 0.6) is 0 Å². The molecule has 2 aliphatic rings. The van der Waals surface area contributed by atoms with Crippen molar-refractivity contribution in [2.45, 2.75) is 105 Å². The predicted molar refractivity (Wildman–Crippen MR) is 439 cm³/mol. The molecular weight excluding hydrogens is 1260 g/mol. The largest absolute Gasteiger partial charge is 0.311 e. The molecule has 0 radical (unpaired) electrons. The van der Waals surface area contributed by atoms with Gasteiger partial charge in [-0.25, -0.2) is 19.9 Å². The predicted octanol–water partition coefficient (Wildman–Crippen LogP) is 23.3. The van der Waals surface area contributed by atoms with Crippen LogP contribution in [0.3, 0.4) is 0 Å². The fraction of sp³-hybridized carbons (Fsp3) is 0.167. The molecule has 0 unspecified atom stereocenters. The molecule has 0 spiro atoms. The molecule has 0 saturated carbocycles. The van der Waals surface area contributed by atoms with Crippen LogP contribution in [0.2, 0.25) is 0 Å². The number of anilines is 6. The van der Waals surface area contributed by atoms with Crippen LogP contribution >= 0.6 is 0 Å². The molecule has 0 aliphatic carbocycles. The lowest BCUT2D eigenvalue weighted by atomic mass is 9.33. The van der Waals surface area contributed by atoms with Gasteiger partial charge in [-0.3, -0.25) is 0 Å². The standard InChI is InChI=1S/C96H84BN7/c1-93(2,3)68-53-69(94(4,5)6)56-72(55-68)102-85-43-29-26-40-77(85)97-78-41-27-30-44-86(78)103(73-57-70(95(7,8)9)54-71(58-73)96(10,11)12)89-52-67(51-88(102)90(89)97)65-46-48-84-76(49-65)74-39-25-28-42-83(74)104(84)87-50-66(91-98-79(61-31-17-13-18-32-61)59-80(99-91)62-33-19-14-20-34-62)45-47-75(87)92-100-81(63-35-21-15-22-36-63)60-82(101-92)64-37-23-16-24-38-64/h13-60H,1-12H3. The summed E-state index contributed by atoms with van der Waals surface area (Å²) in [7, 11) is 0. The third-order valence-corrected chi connectivity index (χ3v) is 21.2. The highest BCUT2D eigenvalue weighted by molar-refractivity contribution is 7.00. The summed E-state index contributed by atoms with van der Waals surface area (Å²) in [5.41, 5.74) is 29.9. The zero-order valence-corrected chi connectivity index (χ0v) is 61.4. The average molecular weight is 1350 g/mol. The van der Waals surface area contributed by atoms with E-state index in [0.717, 1.165) is 106 Å². The van der Waals surface area contributed by atoms with Crippen molar-refractivity contribution in [2.24, 2.45) is 0 Å². The highest BCUT2D eigenvalue weighted by atomic mass is 15.2. The van der Waals surface area contributed by atoms with Crippen molar-refractivity contribution in [2.75, 3.05) is 9.80 Å². The number of benzene rings is 12. The highest BCUT2D eigenvalue weighted by Crippen LogP contribution is 2.50. The van der Waals surface area contributed by atoms with Crippen LogP contribution in [-0.2, 0) is 21.7 Å². The van der Waals surface area contributed by atoms with Crippen molar-refractivity contribution in [1.29, 1.82) is 0 Å². The van der Waals surface area contributed by atoms with Crippen molar-refractivity contribution in [3.63, 3.8) is 0 Å². The molecule has 0 amide bonds. The third kappa shape index (κ3) is 11.8. The van der Waals surface area contributed by atoms with E-state index in [-0.39, 0.29) is 28.4 Å². The molecule has 15 aromatic rings. The summed E-state index contributed by atoms with van der Waals surface area (Å²) in [6, 6.07) is 107. The van der Waals surface area contributed by atoms with E-state index in [9.17, 15) is 0 Å². The van der Waals surface area contributed by atoms with Crippen molar-refractivity contribution in [3.05, 3.63) is 313 Å². The average Bonchev–Trinajstić information content (AvgIpc) is 0.707. The van der Waals surface area contributed by atoms with Crippen molar-refractivity contribution < 1.29 is 0 Å². The number of rotatable bonds is 10. The van der Waals surface area contributed by atoms with Crippen LogP contribution in [0.1, 0.15) is 105 Å². The van der Waals surface area contributed by atoms with Gasteiger partial charge < -0.3 is 14.4 Å². The SMILES string of the molecule is CC(C)(C)c1cc(N2c3ccccc3B3c4ccccc4N(c4cc(C(C)(C)C)cc(C(C)(C)C)c4)c4cc(-c5ccc6c(c5)c5ccccc5n6-c5cc(-c6nc(-c7ccccc7)cc(-c7ccccc7)n6)ccc5-c5nc(-c6ccccc6)cc(-c6ccccc6)n5)cc2c43)cc(C(C)(C)C)c1. The fourth-order valence-electron chi connectivity index (χ4n) is 15.5. The Morgan fingerprint density at radius 3 is 1.06 bits per heavy atom. The van der Waals surface area contributed by atoms with Gasteiger partial charge in [-0.2, -0.15) is 0 Å². The van der Waals surface area contributed by atoms with E-state index in [1.807, 2.05) is 12.1 Å². The van der Waals surface area contributed by atoms with E-state index in [1.54, 1.807) is 0 Å². The zero-order valence-electron chi connectivity index (χ0n) is 61.4. The van der Waals surface area contributed by atoms with Gasteiger partial charge >= 0.3 is 0 Å². The van der Waals surface area contributed by atoms with Crippen LogP contribution in [0.25, 0.3) is 106 Å². The Labute approximate surface area is 612 Å². The second-order valence-corrected chi connectivity index (χ2v) is 32.4. The Morgan fingerprint density at radius 2 is 0.625 bits per heavy atom. The first-order chi connectivity index (χ1) is 50.1. The Kier molecular flexibility index (Phi) is 15.8. The number of fused-ring (bicyclic) bond motifs is 7. The van der Waals surface area contributed by atoms with Gasteiger partial charge in [-0.05, 0) is 162 Å². The molecule has 12 aromatic carbocycles. The summed E-state index contributed by atoms with van der Waals surface area (Å²) in [6.07, 6.45) is 0. The summed E-state index contributed by atoms with van der Waals surface area (Å²) >= 11 is 0. The van der Waals surface area contributed by atoms with Gasteiger partial charge in [0, 0.05) is 78.3 Å². The second-order valence-electron chi connectivity index (χ2n) is 32.4. The van der Waals surface area contributed by atoms with Gasteiger partial charge in [0.1, 0.15) is 0 Å². The Balaban J connectivity index is 0.940. The summed E-state index contributed by atoms with van der Waals surface area (Å²) in [5, 5.41) is 2.23. The number of nitrogens with zero attached hydrogens (tertiary/aromatic N) is 7. The second kappa shape index (κ2) is 25.1. The lowest BCUT2D eigenvalue weighted by Crippen LogP contribution is -2.61. The van der Waals surface area contributed by atoms with E-state index >= 15 is 0 Å². The molecule has 104 heavy (non-hydrogen) atoms. The normalized spacial score (nSPS) is 12.9. The summed E-state index contributed by atoms with van der Waals surface area (Å²) in [4.78, 5) is 27.2. The molecule has 7 nitrogen and oxygen atoms in total. The fourth-order valence-corrected chi connectivity index (χ4v) is 15.5. The van der Waals surface area contributed by atoms with Crippen LogP contribution in [0.4, 0.5) is 34.1 Å². The molecule has 506 valence electrons. The van der Waals surface area contributed by atoms with Crippen LogP contribution in [-0.4, -0.2) is 31.2 Å². The summed E-state index contributed by atoms with van der Waals surface area (Å²) < 4.78 is 2.43. The van der Waals surface area contributed by atoms with Crippen LogP contribution in [0, 0.1) is 0 Å². The molecule has 2 aliphatic heterocycles. The molecule has 0 atom stereocenters. The van der Waals surface area contributed by atoms with E-state index in [1.165, 1.54) is 61.4 Å². The molecule has 0 saturated heterocycles. The minimum Gasteiger partial charge on any atom is -0.311 e. The molecule has 3 aromatic heterocycles. The molecule has 5 heterocycles. The molecular formula is C96H84BN7. The first-order valence-electron chi connectivity index (χ1n) is 36.5. The number of hydrogen-bond acceptors (Lipinski definition) is 6. The Morgan fingerprint density at radius 1 is 0.260 bits per heavy atom. The topological polar surface area (TPSA) is 63.0 Å². The van der Waals surface area contributed by atoms with Gasteiger partial charge in [0.25, 0.3) is 6.71 Å². The zero-order chi connectivity index (χ0) is 71.6. The van der Waals surface area contributed by atoms with Gasteiger partial charge in [0.05, 0.1) is 39.5 Å². The number of para-hydroxylation sites is 3. The third-order valence-electron chi connectivity index (χ3n) is 21.2. The maximum absolute atomic E-state index is 5.54. The van der Waals surface area contributed by atoms with E-state index < -0.39 is 0 Å². The highest BCUT2D eigenvalue weighted by Gasteiger charge is 2.44. The van der Waals surface area contributed by atoms with Gasteiger partial charge in [-0.1, -0.05) is 283 Å². The monoisotopic (exact) mass is 1350 g/mol. The summed E-state index contributed by atoms with van der Waals surface area (Å²) in [5.74, 6) is 1.21. The van der Waals surface area contributed by atoms with Crippen molar-refractivity contribution in [3.8, 4) is 84.6 Å². The smallest absolute Gasteiger partial charge is 0.252 e. The minimum absolute atomic E-state index is 0.0579. The molecule has 17 rings (SSSR count). The first kappa shape index (κ1) is 65.6. The van der Waals surface area contributed by atoms with Crippen LogP contribution < -0.4 is 26.2 Å². The maximum Gasteiger partial charge on any atom is 0.252 e. The van der Waals surface area contributed by atoms with Gasteiger partial charge in [0.15, 0.2) is 11.6 Å². The van der Waals surface area contributed by atoms with E-state index in [0.29, 0.717) is 11.6 Å². The van der Waals surface area contributed by atoms with Crippen molar-refractivity contribution >= 4 is 79.0 Å². The minimum atomic E-state index is -0.123. The van der Waals surface area contributed by atoms with Crippen LogP contribution in [0.15, 0.2) is 291 Å². The lowest BCUT2D eigenvalue weighted by molar-refractivity contribution is 0.568. The van der Waals surface area contributed by atoms with Gasteiger partial charge in [-0.15, -0.1) is 0 Å². The van der Waals surface area contributed by atoms with E-state index in [4.69, 9.17) is 19.9 Å². The lowest BCUT2D eigenvalue weighted by Gasteiger charge is -2.45. The quantitative estimate of drug-likeness (QED) is 0.127. The molecule has 8 heteroatoms. The number of hydrogen-bond donors (Lipinski definition) is 0. The van der Waals surface area contributed by atoms with Gasteiger partial charge in [0.2, 0.25) is 0 Å². The number of aromatic nitrogens is 5. The summed E-state index contributed by atoms with van der Waals surface area (Å²) in [6.45, 7) is 28.1. The molecule has 0 fully saturated rings. The van der Waals surface area contributed by atoms with E-state index in [2.05, 4.69) is 377 Å². The Hall–Kier alpha value is -11.7. The molecule has 0 N–H and O–H groups in total. The molecule has 0 bridgehead atoms.